The van der Waals surface area contributed by atoms with E-state index in [1.165, 1.54) is 37.2 Å². The molecule has 92 valence electrons. The van der Waals surface area contributed by atoms with E-state index >= 15 is 0 Å². The van der Waals surface area contributed by atoms with E-state index < -0.39 is 0 Å². The van der Waals surface area contributed by atoms with Crippen molar-refractivity contribution < 1.29 is 0 Å². The third-order valence-corrected chi connectivity index (χ3v) is 4.88. The van der Waals surface area contributed by atoms with Crippen LogP contribution in [0.4, 0.5) is 0 Å². The number of rotatable bonds is 7. The molecule has 1 unspecified atom stereocenters. The predicted octanol–water partition coefficient (Wildman–Crippen LogP) is 3.19. The molecule has 1 atom stereocenters. The Balaban J connectivity index is 2.01. The molecule has 0 aromatic rings. The molecule has 0 radical (unpaired) electrons. The second-order valence-electron chi connectivity index (χ2n) is 5.02. The van der Waals surface area contributed by atoms with Gasteiger partial charge >= 0.3 is 0 Å². The second kappa shape index (κ2) is 7.19. The zero-order valence-corrected chi connectivity index (χ0v) is 11.4. The van der Waals surface area contributed by atoms with Crippen molar-refractivity contribution in [3.8, 4) is 6.07 Å². The zero-order chi connectivity index (χ0) is 11.9. The van der Waals surface area contributed by atoms with Gasteiger partial charge in [0.05, 0.1) is 6.07 Å². The fourth-order valence-electron chi connectivity index (χ4n) is 2.19. The Hall–Kier alpha value is -0.200. The lowest BCUT2D eigenvalue weighted by Crippen LogP contribution is -2.37. The Morgan fingerprint density at radius 1 is 1.44 bits per heavy atom. The first-order valence-corrected chi connectivity index (χ1v) is 7.53. The monoisotopic (exact) mass is 240 g/mol. The van der Waals surface area contributed by atoms with E-state index in [4.69, 9.17) is 5.26 Å². The summed E-state index contributed by atoms with van der Waals surface area (Å²) in [7, 11) is 1.87. The highest BCUT2D eigenvalue weighted by Crippen LogP contribution is 2.28. The largest absolute Gasteiger partial charge is 0.303 e. The summed E-state index contributed by atoms with van der Waals surface area (Å²) in [5.41, 5.74) is -0.325. The Morgan fingerprint density at radius 2 is 2.12 bits per heavy atom. The SMILES string of the molecule is CNC(C)(C#N)CCCSCC1CCCC1. The van der Waals surface area contributed by atoms with Crippen LogP contribution in [0, 0.1) is 17.2 Å². The fourth-order valence-corrected chi connectivity index (χ4v) is 3.37. The van der Waals surface area contributed by atoms with Crippen LogP contribution in [0.2, 0.25) is 0 Å². The summed E-state index contributed by atoms with van der Waals surface area (Å²) in [4.78, 5) is 0. The summed E-state index contributed by atoms with van der Waals surface area (Å²) in [6, 6.07) is 2.34. The number of nitriles is 1. The summed E-state index contributed by atoms with van der Waals surface area (Å²) >= 11 is 2.07. The third kappa shape index (κ3) is 4.76. The summed E-state index contributed by atoms with van der Waals surface area (Å²) in [5.74, 6) is 3.52. The van der Waals surface area contributed by atoms with Gasteiger partial charge in [0.1, 0.15) is 5.54 Å². The molecule has 1 N–H and O–H groups in total. The number of hydrogen-bond acceptors (Lipinski definition) is 3. The minimum absolute atomic E-state index is 0.325. The van der Waals surface area contributed by atoms with Crippen LogP contribution in [0.5, 0.6) is 0 Å². The van der Waals surface area contributed by atoms with Crippen LogP contribution in [0.25, 0.3) is 0 Å². The Bertz CT molecular complexity index is 231. The van der Waals surface area contributed by atoms with Crippen molar-refractivity contribution in [2.75, 3.05) is 18.6 Å². The van der Waals surface area contributed by atoms with E-state index in [9.17, 15) is 0 Å². The van der Waals surface area contributed by atoms with Crippen LogP contribution < -0.4 is 5.32 Å². The van der Waals surface area contributed by atoms with Gasteiger partial charge in [0.15, 0.2) is 0 Å². The molecule has 0 aromatic carbocycles. The second-order valence-corrected chi connectivity index (χ2v) is 6.17. The molecular formula is C13H24N2S. The molecule has 0 heterocycles. The molecule has 0 bridgehead atoms. The van der Waals surface area contributed by atoms with E-state index in [-0.39, 0.29) is 5.54 Å². The molecule has 1 aliphatic carbocycles. The van der Waals surface area contributed by atoms with E-state index in [0.29, 0.717) is 0 Å². The summed E-state index contributed by atoms with van der Waals surface area (Å²) in [6.07, 6.45) is 7.87. The van der Waals surface area contributed by atoms with E-state index in [0.717, 1.165) is 18.8 Å². The van der Waals surface area contributed by atoms with Gasteiger partial charge in [0, 0.05) is 0 Å². The van der Waals surface area contributed by atoms with Gasteiger partial charge < -0.3 is 5.32 Å². The van der Waals surface area contributed by atoms with Gasteiger partial charge in [0.2, 0.25) is 0 Å². The Morgan fingerprint density at radius 3 is 2.69 bits per heavy atom. The average molecular weight is 240 g/mol. The van der Waals surface area contributed by atoms with Crippen molar-refractivity contribution in [3.05, 3.63) is 0 Å². The predicted molar refractivity (Wildman–Crippen MR) is 71.6 cm³/mol. The zero-order valence-electron chi connectivity index (χ0n) is 10.6. The highest BCUT2D eigenvalue weighted by atomic mass is 32.2. The number of thioether (sulfide) groups is 1. The third-order valence-electron chi connectivity index (χ3n) is 3.59. The average Bonchev–Trinajstić information content (AvgIpc) is 2.81. The number of nitrogens with one attached hydrogen (secondary N) is 1. The Kier molecular flexibility index (Phi) is 6.23. The van der Waals surface area contributed by atoms with Crippen molar-refractivity contribution >= 4 is 11.8 Å². The maximum Gasteiger partial charge on any atom is 0.103 e. The van der Waals surface area contributed by atoms with Gasteiger partial charge in [-0.15, -0.1) is 0 Å². The molecule has 0 saturated heterocycles. The smallest absolute Gasteiger partial charge is 0.103 e. The first kappa shape index (κ1) is 13.9. The van der Waals surface area contributed by atoms with E-state index in [2.05, 4.69) is 23.1 Å². The molecule has 0 spiro atoms. The normalized spacial score (nSPS) is 20.6. The van der Waals surface area contributed by atoms with Gasteiger partial charge in [-0.05, 0) is 57.1 Å². The minimum atomic E-state index is -0.325. The Labute approximate surface area is 104 Å². The van der Waals surface area contributed by atoms with Gasteiger partial charge in [-0.3, -0.25) is 0 Å². The van der Waals surface area contributed by atoms with Crippen LogP contribution in [0.1, 0.15) is 45.4 Å². The van der Waals surface area contributed by atoms with E-state index in [1.54, 1.807) is 0 Å². The molecule has 1 fully saturated rings. The number of hydrogen-bond donors (Lipinski definition) is 1. The molecule has 0 amide bonds. The topological polar surface area (TPSA) is 35.8 Å². The first-order chi connectivity index (χ1) is 7.70. The fraction of sp³-hybridized carbons (Fsp3) is 0.923. The maximum absolute atomic E-state index is 9.00. The molecular weight excluding hydrogens is 216 g/mol. The van der Waals surface area contributed by atoms with Crippen LogP contribution in [-0.2, 0) is 0 Å². The summed E-state index contributed by atoms with van der Waals surface area (Å²) in [6.45, 7) is 1.98. The summed E-state index contributed by atoms with van der Waals surface area (Å²) in [5, 5.41) is 12.1. The molecule has 1 saturated carbocycles. The lowest BCUT2D eigenvalue weighted by molar-refractivity contribution is 0.451. The van der Waals surface area contributed by atoms with Gasteiger partial charge in [-0.2, -0.15) is 17.0 Å². The first-order valence-electron chi connectivity index (χ1n) is 6.38. The molecule has 16 heavy (non-hydrogen) atoms. The highest BCUT2D eigenvalue weighted by Gasteiger charge is 2.20. The van der Waals surface area contributed by atoms with Gasteiger partial charge in [-0.25, -0.2) is 0 Å². The molecule has 2 nitrogen and oxygen atoms in total. The lowest BCUT2D eigenvalue weighted by Gasteiger charge is -2.20. The van der Waals surface area contributed by atoms with Crippen molar-refractivity contribution in [2.24, 2.45) is 5.92 Å². The van der Waals surface area contributed by atoms with E-state index in [1.807, 2.05) is 14.0 Å². The highest BCUT2D eigenvalue weighted by molar-refractivity contribution is 7.99. The van der Waals surface area contributed by atoms with Crippen LogP contribution in [0.3, 0.4) is 0 Å². The molecule has 0 aliphatic heterocycles. The van der Waals surface area contributed by atoms with Crippen molar-refractivity contribution in [2.45, 2.75) is 51.0 Å². The molecule has 0 aromatic heterocycles. The van der Waals surface area contributed by atoms with Crippen LogP contribution >= 0.6 is 11.8 Å². The lowest BCUT2D eigenvalue weighted by atomic mass is 9.99. The number of nitrogens with zero attached hydrogens (tertiary/aromatic N) is 1. The van der Waals surface area contributed by atoms with Crippen molar-refractivity contribution in [1.29, 1.82) is 5.26 Å². The van der Waals surface area contributed by atoms with Crippen LogP contribution in [0.15, 0.2) is 0 Å². The minimum Gasteiger partial charge on any atom is -0.303 e. The molecule has 1 aliphatic rings. The van der Waals surface area contributed by atoms with Crippen LogP contribution in [-0.4, -0.2) is 24.1 Å². The standard InChI is InChI=1S/C13H24N2S/c1-13(11-14,15-2)8-5-9-16-10-12-6-3-4-7-12/h12,15H,3-10H2,1-2H3. The van der Waals surface area contributed by atoms with Crippen molar-refractivity contribution in [3.63, 3.8) is 0 Å². The molecule has 1 rings (SSSR count). The van der Waals surface area contributed by atoms with Gasteiger partial charge in [-0.1, -0.05) is 12.8 Å². The molecule has 3 heteroatoms. The quantitative estimate of drug-likeness (QED) is 0.694. The van der Waals surface area contributed by atoms with Crippen molar-refractivity contribution in [1.82, 2.24) is 5.32 Å². The summed E-state index contributed by atoms with van der Waals surface area (Å²) < 4.78 is 0. The maximum atomic E-state index is 9.00. The van der Waals surface area contributed by atoms with Gasteiger partial charge in [0.25, 0.3) is 0 Å².